The van der Waals surface area contributed by atoms with Crippen LogP contribution in [-0.2, 0) is 0 Å². The molecule has 0 spiro atoms. The summed E-state index contributed by atoms with van der Waals surface area (Å²) < 4.78 is 15.8. The first-order valence-electron chi connectivity index (χ1n) is 19.3. The molecular weight excluding hydrogens is 673 g/mol. The molecule has 262 valence electrons. The second-order valence-corrected chi connectivity index (χ2v) is 15.1. The zero-order valence-corrected chi connectivity index (χ0v) is 30.4. The van der Waals surface area contributed by atoms with E-state index in [1.807, 2.05) is 12.1 Å². The number of allylic oxidation sites excluding steroid dienone is 6. The van der Waals surface area contributed by atoms with Crippen LogP contribution in [0, 0.1) is 0 Å². The first-order valence-corrected chi connectivity index (χ1v) is 19.3. The molecule has 12 rings (SSSR count). The second-order valence-electron chi connectivity index (χ2n) is 15.1. The van der Waals surface area contributed by atoms with Crippen LogP contribution in [0.1, 0.15) is 31.7 Å². The topological polar surface area (TPSA) is 34.5 Å². The van der Waals surface area contributed by atoms with Crippen molar-refractivity contribution in [1.29, 1.82) is 0 Å². The molecule has 0 N–H and O–H groups in total. The van der Waals surface area contributed by atoms with Crippen LogP contribution in [0.5, 0.6) is 0 Å². The van der Waals surface area contributed by atoms with Gasteiger partial charge in [-0.2, -0.15) is 0 Å². The van der Waals surface area contributed by atoms with Crippen LogP contribution in [0.25, 0.3) is 83.2 Å². The van der Waals surface area contributed by atoms with Gasteiger partial charge in [0.25, 0.3) is 0 Å². The Hall–Kier alpha value is -6.78. The molecule has 1 aliphatic heterocycles. The molecular formula is C51H36N2O2. The summed E-state index contributed by atoms with van der Waals surface area (Å²) in [7, 11) is 0. The lowest BCUT2D eigenvalue weighted by Crippen LogP contribution is -2.37. The second kappa shape index (κ2) is 11.6. The van der Waals surface area contributed by atoms with E-state index in [1.165, 1.54) is 77.3 Å². The maximum Gasteiger partial charge on any atom is 0.145 e. The molecule has 6 aromatic carbocycles. The first kappa shape index (κ1) is 30.7. The Bertz CT molecular complexity index is 3330. The van der Waals surface area contributed by atoms with E-state index in [0.717, 1.165) is 52.2 Å². The third-order valence-electron chi connectivity index (χ3n) is 12.1. The Morgan fingerprint density at radius 2 is 1.49 bits per heavy atom. The number of para-hydroxylation sites is 3. The summed E-state index contributed by atoms with van der Waals surface area (Å²) >= 11 is 0. The zero-order valence-electron chi connectivity index (χ0n) is 30.4. The van der Waals surface area contributed by atoms with Gasteiger partial charge in [0, 0.05) is 55.0 Å². The fourth-order valence-electron chi connectivity index (χ4n) is 9.62. The summed E-state index contributed by atoms with van der Waals surface area (Å²) in [4.78, 5) is 2.53. The molecule has 0 saturated heterocycles. The smallest absolute Gasteiger partial charge is 0.145 e. The fourth-order valence-corrected chi connectivity index (χ4v) is 9.62. The number of hydrogen-bond donors (Lipinski definition) is 0. The monoisotopic (exact) mass is 708 g/mol. The molecule has 0 fully saturated rings. The van der Waals surface area contributed by atoms with Crippen molar-refractivity contribution >= 4 is 83.4 Å². The van der Waals surface area contributed by atoms with Crippen LogP contribution in [0.4, 0.5) is 11.4 Å². The molecule has 4 heterocycles. The minimum Gasteiger partial charge on any atom is -0.456 e. The predicted octanol–water partition coefficient (Wildman–Crippen LogP) is 12.1. The predicted molar refractivity (Wildman–Crippen MR) is 228 cm³/mol. The van der Waals surface area contributed by atoms with Gasteiger partial charge < -0.3 is 18.3 Å². The Kier molecular flexibility index (Phi) is 6.47. The Balaban J connectivity index is 1.05. The molecule has 0 amide bonds. The summed E-state index contributed by atoms with van der Waals surface area (Å²) in [5.74, 6) is 0. The summed E-state index contributed by atoms with van der Waals surface area (Å²) in [5.41, 5.74) is 16.1. The van der Waals surface area contributed by atoms with E-state index in [-0.39, 0.29) is 6.04 Å². The van der Waals surface area contributed by atoms with Gasteiger partial charge in [-0.1, -0.05) is 97.1 Å². The maximum absolute atomic E-state index is 7.24. The summed E-state index contributed by atoms with van der Waals surface area (Å²) in [6, 6.07) is 46.2. The molecule has 9 aromatic rings. The average Bonchev–Trinajstić information content (AvgIpc) is 3.97. The molecule has 0 saturated carbocycles. The van der Waals surface area contributed by atoms with Crippen molar-refractivity contribution in [1.82, 2.24) is 4.57 Å². The van der Waals surface area contributed by atoms with Crippen LogP contribution in [0.2, 0.25) is 0 Å². The third-order valence-corrected chi connectivity index (χ3v) is 12.1. The molecule has 3 aliphatic rings. The lowest BCUT2D eigenvalue weighted by Gasteiger charge is -2.28. The van der Waals surface area contributed by atoms with Crippen molar-refractivity contribution in [3.8, 4) is 11.1 Å². The molecule has 4 heteroatoms. The first-order chi connectivity index (χ1) is 27.2. The van der Waals surface area contributed by atoms with Gasteiger partial charge in [0.2, 0.25) is 0 Å². The number of furan rings is 2. The van der Waals surface area contributed by atoms with E-state index in [2.05, 4.69) is 162 Å². The van der Waals surface area contributed by atoms with Crippen LogP contribution >= 0.6 is 0 Å². The molecule has 55 heavy (non-hydrogen) atoms. The summed E-state index contributed by atoms with van der Waals surface area (Å²) in [5, 5.41) is 7.07. The highest BCUT2D eigenvalue weighted by Crippen LogP contribution is 2.47. The molecule has 1 unspecified atom stereocenters. The van der Waals surface area contributed by atoms with Crippen molar-refractivity contribution in [2.24, 2.45) is 0 Å². The van der Waals surface area contributed by atoms with Crippen molar-refractivity contribution < 1.29 is 8.83 Å². The van der Waals surface area contributed by atoms with Crippen molar-refractivity contribution in [3.63, 3.8) is 0 Å². The van der Waals surface area contributed by atoms with E-state index in [4.69, 9.17) is 8.83 Å². The van der Waals surface area contributed by atoms with Gasteiger partial charge in [0.15, 0.2) is 0 Å². The number of aromatic nitrogens is 1. The number of nitrogens with zero attached hydrogens (tertiary/aromatic N) is 2. The van der Waals surface area contributed by atoms with Gasteiger partial charge >= 0.3 is 0 Å². The van der Waals surface area contributed by atoms with Crippen molar-refractivity contribution in [2.45, 2.75) is 32.2 Å². The highest BCUT2D eigenvalue weighted by Gasteiger charge is 2.38. The summed E-state index contributed by atoms with van der Waals surface area (Å²) in [6.07, 6.45) is 14.2. The highest BCUT2D eigenvalue weighted by atomic mass is 16.3. The number of benzene rings is 6. The van der Waals surface area contributed by atoms with Crippen molar-refractivity contribution in [3.05, 3.63) is 173 Å². The number of hydrogen-bond acceptors (Lipinski definition) is 3. The normalized spacial score (nSPS) is 19.1. The molecule has 0 radical (unpaired) electrons. The van der Waals surface area contributed by atoms with Crippen LogP contribution < -0.4 is 15.5 Å². The maximum atomic E-state index is 7.24. The highest BCUT2D eigenvalue weighted by molar-refractivity contribution is 6.20. The van der Waals surface area contributed by atoms with Gasteiger partial charge in [-0.25, -0.2) is 0 Å². The Morgan fingerprint density at radius 1 is 0.655 bits per heavy atom. The van der Waals surface area contributed by atoms with E-state index in [9.17, 15) is 0 Å². The minimum atomic E-state index is 0.110. The lowest BCUT2D eigenvalue weighted by atomic mass is 9.94. The Morgan fingerprint density at radius 3 is 2.45 bits per heavy atom. The average molecular weight is 709 g/mol. The number of rotatable bonds is 3. The van der Waals surface area contributed by atoms with Gasteiger partial charge in [0.1, 0.15) is 22.2 Å². The number of anilines is 2. The van der Waals surface area contributed by atoms with E-state index >= 15 is 0 Å². The number of fused-ring (bicyclic) bond motifs is 13. The molecule has 1 atom stereocenters. The molecule has 0 bridgehead atoms. The van der Waals surface area contributed by atoms with Crippen LogP contribution in [0.3, 0.4) is 0 Å². The third kappa shape index (κ3) is 4.40. The van der Waals surface area contributed by atoms with Crippen LogP contribution in [0.15, 0.2) is 166 Å². The quantitative estimate of drug-likeness (QED) is 0.183. The largest absolute Gasteiger partial charge is 0.456 e. The van der Waals surface area contributed by atoms with Gasteiger partial charge in [-0.3, -0.25) is 0 Å². The van der Waals surface area contributed by atoms with Crippen molar-refractivity contribution in [2.75, 3.05) is 4.90 Å². The van der Waals surface area contributed by atoms with E-state index in [0.29, 0.717) is 0 Å². The molecule has 3 aromatic heterocycles. The fraction of sp³-hybridized carbons (Fsp3) is 0.0980. The minimum absolute atomic E-state index is 0.110. The van der Waals surface area contributed by atoms with Gasteiger partial charge in [-0.15, -0.1) is 0 Å². The van der Waals surface area contributed by atoms with Crippen LogP contribution in [-0.4, -0.2) is 10.6 Å². The standard InChI is InChI=1S/C51H36N2O2/c1-31-13-4-2-3-5-19-41(31)53-43-21-10-7-18-39(43)49-45(53)27-25-37-36-24-26-44-48(50(36)55-51(37)49)38-17-6-9-20-42(38)52(44)34-15-12-14-32(29-34)33-23-28-47-40(30-33)35-16-8-11-22-46(35)54-47/h2-3,5-12,14-25,27-30,44H,4,13,26H2,1H3/b3-2-,19-5-,41-31-. The van der Waals surface area contributed by atoms with Gasteiger partial charge in [-0.05, 0) is 104 Å². The zero-order chi connectivity index (χ0) is 36.2. The van der Waals surface area contributed by atoms with E-state index in [1.54, 1.807) is 0 Å². The molecule has 2 aliphatic carbocycles. The van der Waals surface area contributed by atoms with Gasteiger partial charge in [0.05, 0.1) is 22.5 Å². The molecule has 4 nitrogen and oxygen atoms in total. The summed E-state index contributed by atoms with van der Waals surface area (Å²) in [6.45, 7) is 2.27. The lowest BCUT2D eigenvalue weighted by molar-refractivity contribution is 0.568. The SMILES string of the molecule is C\C1=C(n2c3ccccc3c3c4oc5c(c4ccc32)=CCC2C=5c3ccccc3N2c2cccc(-c3ccc4oc5ccccc5c4c3)c2)/C=C\C=C/CC1. The Labute approximate surface area is 317 Å². The van der Waals surface area contributed by atoms with E-state index < -0.39 is 0 Å².